The number of aromatic nitrogens is 1. The molecule has 7 nitrogen and oxygen atoms in total. The number of hydrazone groups is 1. The van der Waals surface area contributed by atoms with Gasteiger partial charge in [0.05, 0.1) is 23.5 Å². The van der Waals surface area contributed by atoms with Gasteiger partial charge >= 0.3 is 0 Å². The van der Waals surface area contributed by atoms with Gasteiger partial charge in [0.2, 0.25) is 0 Å². The third-order valence-electron chi connectivity index (χ3n) is 3.58. The predicted octanol–water partition coefficient (Wildman–Crippen LogP) is 3.48. The monoisotopic (exact) mass is 490 g/mol. The summed E-state index contributed by atoms with van der Waals surface area (Å²) in [5.41, 5.74) is 5.53. The maximum absolute atomic E-state index is 9.46. The third kappa shape index (κ3) is 5.35. The van der Waals surface area contributed by atoms with Crippen LogP contribution in [-0.4, -0.2) is 32.0 Å². The number of rotatable bonds is 8. The number of methoxy groups -OCH3 is 2. The number of hydrogen-bond acceptors (Lipinski definition) is 7. The molecule has 144 valence electrons. The maximum atomic E-state index is 9.46. The molecule has 1 aromatic carbocycles. The molecule has 1 N–H and O–H groups in total. The van der Waals surface area contributed by atoms with Crippen molar-refractivity contribution in [2.24, 2.45) is 5.10 Å². The van der Waals surface area contributed by atoms with Crippen LogP contribution >= 0.6 is 22.6 Å². The second kappa shape index (κ2) is 10.5. The molecule has 0 aliphatic rings. The van der Waals surface area contributed by atoms with Gasteiger partial charge in [0, 0.05) is 18.4 Å². The summed E-state index contributed by atoms with van der Waals surface area (Å²) in [6, 6.07) is 7.63. The molecular weight excluding hydrogens is 471 g/mol. The summed E-state index contributed by atoms with van der Waals surface area (Å²) < 4.78 is 16.9. The molecule has 0 aliphatic carbocycles. The summed E-state index contributed by atoms with van der Waals surface area (Å²) in [6.45, 7) is 2.32. The number of nitrogens with one attached hydrogen (secondary N) is 1. The Morgan fingerprint density at radius 2 is 2.14 bits per heavy atom. The maximum Gasteiger partial charge on any atom is 0.175 e. The van der Waals surface area contributed by atoms with Crippen LogP contribution in [0.2, 0.25) is 0 Å². The minimum absolute atomic E-state index is 0.154. The van der Waals surface area contributed by atoms with Crippen molar-refractivity contribution in [1.29, 1.82) is 5.26 Å². The first-order chi connectivity index (χ1) is 13.5. The number of nitriles is 1. The van der Waals surface area contributed by atoms with Crippen molar-refractivity contribution in [3.8, 4) is 29.9 Å². The molecule has 0 fully saturated rings. The number of nitrogens with zero attached hydrogens (tertiary/aromatic N) is 3. The van der Waals surface area contributed by atoms with Gasteiger partial charge in [-0.25, -0.2) is 4.98 Å². The molecule has 28 heavy (non-hydrogen) atoms. The van der Waals surface area contributed by atoms with Crippen LogP contribution in [0.25, 0.3) is 0 Å². The van der Waals surface area contributed by atoms with E-state index in [0.717, 1.165) is 20.4 Å². The zero-order valence-corrected chi connectivity index (χ0v) is 17.9. The van der Waals surface area contributed by atoms with E-state index >= 15 is 0 Å². The smallest absolute Gasteiger partial charge is 0.175 e. The molecule has 0 unspecified atom stereocenters. The van der Waals surface area contributed by atoms with Crippen LogP contribution in [0.4, 0.5) is 5.82 Å². The lowest BCUT2D eigenvalue weighted by molar-refractivity contribution is 0.184. The van der Waals surface area contributed by atoms with E-state index < -0.39 is 0 Å². The average molecular weight is 490 g/mol. The molecule has 2 aromatic rings. The van der Waals surface area contributed by atoms with E-state index in [1.807, 2.05) is 19.1 Å². The molecule has 1 aromatic heterocycles. The van der Waals surface area contributed by atoms with Crippen LogP contribution in [0, 0.1) is 34.2 Å². The van der Waals surface area contributed by atoms with Crippen LogP contribution in [0.3, 0.4) is 0 Å². The molecule has 0 aliphatic heterocycles. The predicted molar refractivity (Wildman–Crippen MR) is 116 cm³/mol. The second-order valence-corrected chi connectivity index (χ2v) is 6.75. The highest BCUT2D eigenvalue weighted by molar-refractivity contribution is 14.1. The van der Waals surface area contributed by atoms with E-state index in [2.05, 4.69) is 50.1 Å². The van der Waals surface area contributed by atoms with E-state index in [4.69, 9.17) is 20.6 Å². The van der Waals surface area contributed by atoms with Crippen LogP contribution in [0.1, 0.15) is 22.4 Å². The second-order valence-electron chi connectivity index (χ2n) is 5.59. The zero-order chi connectivity index (χ0) is 20.5. The molecule has 0 saturated heterocycles. The van der Waals surface area contributed by atoms with Gasteiger partial charge in [0.25, 0.3) is 0 Å². The van der Waals surface area contributed by atoms with Gasteiger partial charge in [-0.2, -0.15) is 10.4 Å². The Hall–Kier alpha value is -2.82. The highest BCUT2D eigenvalue weighted by atomic mass is 127. The largest absolute Gasteiger partial charge is 0.493 e. The third-order valence-corrected chi connectivity index (χ3v) is 4.38. The Labute approximate surface area is 177 Å². The summed E-state index contributed by atoms with van der Waals surface area (Å²) in [4.78, 5) is 4.35. The molecule has 2 rings (SSSR count). The lowest BCUT2D eigenvalue weighted by Gasteiger charge is -2.12. The Bertz CT molecular complexity index is 961. The van der Waals surface area contributed by atoms with Crippen molar-refractivity contribution < 1.29 is 14.2 Å². The standard InChI is InChI=1S/C20H19IN4O3/c1-5-6-28-19-17(21)8-14(9-18(19)27-4)11-23-25-20-16(10-22)15(12-26-3)7-13(2)24-20/h1,7-9,11H,6,12H2,2-4H3,(H,24,25)/b23-11+. The topological polar surface area (TPSA) is 88.8 Å². The summed E-state index contributed by atoms with van der Waals surface area (Å²) in [5.74, 6) is 3.95. The summed E-state index contributed by atoms with van der Waals surface area (Å²) in [6.07, 6.45) is 6.86. The molecule has 0 radical (unpaired) electrons. The number of hydrogen-bond donors (Lipinski definition) is 1. The van der Waals surface area contributed by atoms with Crippen molar-refractivity contribution >= 4 is 34.6 Å². The minimum atomic E-state index is 0.154. The highest BCUT2D eigenvalue weighted by Gasteiger charge is 2.12. The minimum Gasteiger partial charge on any atom is -0.493 e. The normalized spacial score (nSPS) is 10.4. The molecule has 8 heteroatoms. The Balaban J connectivity index is 2.27. The molecule has 0 amide bonds. The molecule has 0 bridgehead atoms. The van der Waals surface area contributed by atoms with Crippen LogP contribution < -0.4 is 14.9 Å². The van der Waals surface area contributed by atoms with Crippen molar-refractivity contribution in [2.75, 3.05) is 26.3 Å². The van der Waals surface area contributed by atoms with E-state index in [1.165, 1.54) is 0 Å². The zero-order valence-electron chi connectivity index (χ0n) is 15.7. The van der Waals surface area contributed by atoms with Crippen molar-refractivity contribution in [1.82, 2.24) is 4.98 Å². The number of anilines is 1. The van der Waals surface area contributed by atoms with E-state index in [9.17, 15) is 5.26 Å². The summed E-state index contributed by atoms with van der Waals surface area (Å²) in [5, 5.41) is 13.7. The van der Waals surface area contributed by atoms with E-state index in [0.29, 0.717) is 29.5 Å². The van der Waals surface area contributed by atoms with Gasteiger partial charge in [0.15, 0.2) is 17.3 Å². The van der Waals surface area contributed by atoms with Crippen molar-refractivity contribution in [3.05, 3.63) is 44.2 Å². The number of terminal acetylenes is 1. The van der Waals surface area contributed by atoms with E-state index in [-0.39, 0.29) is 6.61 Å². The van der Waals surface area contributed by atoms with Crippen LogP contribution in [0.15, 0.2) is 23.3 Å². The Morgan fingerprint density at radius 1 is 1.36 bits per heavy atom. The summed E-state index contributed by atoms with van der Waals surface area (Å²) in [7, 11) is 3.13. The van der Waals surface area contributed by atoms with Crippen LogP contribution in [0.5, 0.6) is 11.5 Å². The van der Waals surface area contributed by atoms with Crippen molar-refractivity contribution in [3.63, 3.8) is 0 Å². The van der Waals surface area contributed by atoms with Gasteiger partial charge in [-0.3, -0.25) is 5.43 Å². The quantitative estimate of drug-likeness (QED) is 0.264. The highest BCUT2D eigenvalue weighted by Crippen LogP contribution is 2.33. The van der Waals surface area contributed by atoms with Gasteiger partial charge in [0.1, 0.15) is 18.2 Å². The van der Waals surface area contributed by atoms with Gasteiger partial charge in [-0.15, -0.1) is 6.42 Å². The number of ether oxygens (including phenoxy) is 3. The first kappa shape index (κ1) is 21.5. The number of halogens is 1. The molecular formula is C20H19IN4O3. The number of pyridine rings is 1. The lowest BCUT2D eigenvalue weighted by atomic mass is 10.1. The number of aryl methyl sites for hydroxylation is 1. The average Bonchev–Trinajstić information content (AvgIpc) is 2.67. The SMILES string of the molecule is C#CCOc1c(I)cc(/C=N/Nc2nc(C)cc(COC)c2C#N)cc1OC. The first-order valence-corrected chi connectivity index (χ1v) is 9.24. The molecule has 0 saturated carbocycles. The van der Waals surface area contributed by atoms with Crippen LogP contribution in [-0.2, 0) is 11.3 Å². The number of benzene rings is 1. The Morgan fingerprint density at radius 3 is 2.79 bits per heavy atom. The van der Waals surface area contributed by atoms with Gasteiger partial charge in [-0.1, -0.05) is 5.92 Å². The fraction of sp³-hybridized carbons (Fsp3) is 0.250. The molecule has 0 spiro atoms. The fourth-order valence-electron chi connectivity index (χ4n) is 2.45. The Kier molecular flexibility index (Phi) is 8.05. The van der Waals surface area contributed by atoms with E-state index in [1.54, 1.807) is 26.5 Å². The fourth-order valence-corrected chi connectivity index (χ4v) is 3.23. The molecule has 0 atom stereocenters. The first-order valence-electron chi connectivity index (χ1n) is 8.16. The van der Waals surface area contributed by atoms with Gasteiger partial charge in [-0.05, 0) is 53.3 Å². The van der Waals surface area contributed by atoms with Gasteiger partial charge < -0.3 is 14.2 Å². The molecule has 1 heterocycles. The van der Waals surface area contributed by atoms with Crippen molar-refractivity contribution in [2.45, 2.75) is 13.5 Å². The summed E-state index contributed by atoms with van der Waals surface area (Å²) >= 11 is 2.14. The lowest BCUT2D eigenvalue weighted by Crippen LogP contribution is -2.04.